The molecule has 0 radical (unpaired) electrons. The minimum absolute atomic E-state index is 0.246. The Labute approximate surface area is 97.4 Å². The highest BCUT2D eigenvalue weighted by atomic mass is 15.3. The number of aromatic nitrogens is 3. The average molecular weight is 225 g/mol. The van der Waals surface area contributed by atoms with Crippen LogP contribution in [0.25, 0.3) is 0 Å². The predicted molar refractivity (Wildman–Crippen MR) is 66.4 cm³/mol. The fourth-order valence-corrected chi connectivity index (χ4v) is 1.93. The van der Waals surface area contributed by atoms with E-state index in [9.17, 15) is 0 Å². The van der Waals surface area contributed by atoms with Crippen molar-refractivity contribution < 1.29 is 0 Å². The Balaban J connectivity index is 2.91. The first-order valence-corrected chi connectivity index (χ1v) is 5.66. The molecule has 1 aromatic rings. The zero-order valence-electron chi connectivity index (χ0n) is 10.9. The summed E-state index contributed by atoms with van der Waals surface area (Å²) in [4.78, 5) is 0. The summed E-state index contributed by atoms with van der Waals surface area (Å²) in [6.07, 6.45) is 1.01. The van der Waals surface area contributed by atoms with Crippen molar-refractivity contribution in [1.82, 2.24) is 14.8 Å². The molecule has 5 heteroatoms. The Kier molecular flexibility index (Phi) is 3.91. The van der Waals surface area contributed by atoms with E-state index >= 15 is 0 Å². The Morgan fingerprint density at radius 3 is 2.38 bits per heavy atom. The molecule has 0 saturated heterocycles. The molecule has 0 spiro atoms. The van der Waals surface area contributed by atoms with Gasteiger partial charge in [-0.05, 0) is 11.8 Å². The second-order valence-electron chi connectivity index (χ2n) is 5.39. The number of nitrogens with one attached hydrogen (secondary N) is 1. The molecule has 0 fully saturated rings. The SMILES string of the molecule is CNc1nnc(C(CN)CC(C)(C)C)n1C. The maximum Gasteiger partial charge on any atom is 0.224 e. The van der Waals surface area contributed by atoms with Crippen molar-refractivity contribution in [2.24, 2.45) is 18.2 Å². The third-order valence-electron chi connectivity index (χ3n) is 2.64. The van der Waals surface area contributed by atoms with E-state index < -0.39 is 0 Å². The first-order chi connectivity index (χ1) is 7.39. The van der Waals surface area contributed by atoms with Crippen LogP contribution < -0.4 is 11.1 Å². The summed E-state index contributed by atoms with van der Waals surface area (Å²) in [5.41, 5.74) is 6.08. The van der Waals surface area contributed by atoms with E-state index in [1.165, 1.54) is 0 Å². The zero-order chi connectivity index (χ0) is 12.3. The number of hydrogen-bond acceptors (Lipinski definition) is 4. The maximum atomic E-state index is 5.83. The summed E-state index contributed by atoms with van der Waals surface area (Å²) in [5, 5.41) is 11.3. The summed E-state index contributed by atoms with van der Waals surface area (Å²) >= 11 is 0. The van der Waals surface area contributed by atoms with Gasteiger partial charge in [0.05, 0.1) is 0 Å². The highest BCUT2D eigenvalue weighted by molar-refractivity contribution is 5.25. The van der Waals surface area contributed by atoms with Crippen molar-refractivity contribution in [1.29, 1.82) is 0 Å². The second-order valence-corrected chi connectivity index (χ2v) is 5.39. The normalized spacial score (nSPS) is 13.9. The van der Waals surface area contributed by atoms with E-state index in [-0.39, 0.29) is 11.3 Å². The molecule has 0 amide bonds. The lowest BCUT2D eigenvalue weighted by molar-refractivity contribution is 0.333. The lowest BCUT2D eigenvalue weighted by Crippen LogP contribution is -2.22. The Morgan fingerprint density at radius 2 is 2.00 bits per heavy atom. The Hall–Kier alpha value is -1.10. The van der Waals surface area contributed by atoms with Crippen LogP contribution in [0.4, 0.5) is 5.95 Å². The molecule has 0 aliphatic carbocycles. The monoisotopic (exact) mass is 225 g/mol. The van der Waals surface area contributed by atoms with Crippen LogP contribution in [-0.4, -0.2) is 28.4 Å². The standard InChI is InChI=1S/C11H23N5/c1-11(2,3)6-8(7-12)9-14-15-10(13-4)16(9)5/h8H,6-7,12H2,1-5H3,(H,13,15). The van der Waals surface area contributed by atoms with Gasteiger partial charge >= 0.3 is 0 Å². The van der Waals surface area contributed by atoms with E-state index in [2.05, 4.69) is 36.3 Å². The zero-order valence-corrected chi connectivity index (χ0v) is 10.9. The van der Waals surface area contributed by atoms with E-state index in [4.69, 9.17) is 5.73 Å². The number of anilines is 1. The van der Waals surface area contributed by atoms with E-state index in [0.717, 1.165) is 18.2 Å². The van der Waals surface area contributed by atoms with Crippen molar-refractivity contribution >= 4 is 5.95 Å². The van der Waals surface area contributed by atoms with Crippen LogP contribution in [0.15, 0.2) is 0 Å². The van der Waals surface area contributed by atoms with Gasteiger partial charge in [0.15, 0.2) is 0 Å². The van der Waals surface area contributed by atoms with Crippen LogP contribution in [0.3, 0.4) is 0 Å². The lowest BCUT2D eigenvalue weighted by atomic mass is 9.84. The van der Waals surface area contributed by atoms with Gasteiger partial charge in [-0.3, -0.25) is 0 Å². The number of nitrogens with two attached hydrogens (primary N) is 1. The molecule has 0 aromatic carbocycles. The van der Waals surface area contributed by atoms with Crippen molar-refractivity contribution in [3.63, 3.8) is 0 Å². The van der Waals surface area contributed by atoms with Gasteiger partial charge in [-0.2, -0.15) is 0 Å². The highest BCUT2D eigenvalue weighted by Gasteiger charge is 2.23. The molecule has 3 N–H and O–H groups in total. The predicted octanol–water partition coefficient (Wildman–Crippen LogP) is 1.34. The molecule has 0 aliphatic heterocycles. The molecule has 92 valence electrons. The third kappa shape index (κ3) is 2.95. The lowest BCUT2D eigenvalue weighted by Gasteiger charge is -2.24. The van der Waals surface area contributed by atoms with Gasteiger partial charge in [0.25, 0.3) is 0 Å². The van der Waals surface area contributed by atoms with E-state index in [1.54, 1.807) is 0 Å². The van der Waals surface area contributed by atoms with Gasteiger partial charge in [-0.15, -0.1) is 10.2 Å². The van der Waals surface area contributed by atoms with Crippen molar-refractivity contribution in [3.8, 4) is 0 Å². The van der Waals surface area contributed by atoms with Gasteiger partial charge in [-0.25, -0.2) is 0 Å². The molecule has 1 unspecified atom stereocenters. The number of rotatable bonds is 4. The second kappa shape index (κ2) is 4.82. The minimum atomic E-state index is 0.246. The van der Waals surface area contributed by atoms with Gasteiger partial charge in [0.1, 0.15) is 5.82 Å². The van der Waals surface area contributed by atoms with Crippen LogP contribution in [-0.2, 0) is 7.05 Å². The largest absolute Gasteiger partial charge is 0.357 e. The average Bonchev–Trinajstić information content (AvgIpc) is 2.55. The fraction of sp³-hybridized carbons (Fsp3) is 0.818. The number of nitrogens with zero attached hydrogens (tertiary/aromatic N) is 3. The molecular formula is C11H23N5. The van der Waals surface area contributed by atoms with E-state index in [0.29, 0.717) is 6.54 Å². The molecule has 1 atom stereocenters. The molecule has 0 aliphatic rings. The summed E-state index contributed by atoms with van der Waals surface area (Å²) < 4.78 is 1.98. The van der Waals surface area contributed by atoms with Gasteiger partial charge in [0, 0.05) is 26.6 Å². The van der Waals surface area contributed by atoms with Crippen molar-refractivity contribution in [3.05, 3.63) is 5.82 Å². The van der Waals surface area contributed by atoms with Crippen LogP contribution in [0.2, 0.25) is 0 Å². The van der Waals surface area contributed by atoms with Crippen LogP contribution in [0, 0.1) is 5.41 Å². The summed E-state index contributed by atoms with van der Waals surface area (Å²) in [6, 6.07) is 0. The molecule has 0 saturated carbocycles. The minimum Gasteiger partial charge on any atom is -0.357 e. The van der Waals surface area contributed by atoms with Gasteiger partial charge < -0.3 is 15.6 Å². The fourth-order valence-electron chi connectivity index (χ4n) is 1.93. The van der Waals surface area contributed by atoms with Crippen molar-refractivity contribution in [2.75, 3.05) is 18.9 Å². The smallest absolute Gasteiger partial charge is 0.224 e. The van der Waals surface area contributed by atoms with Gasteiger partial charge in [0.2, 0.25) is 5.95 Å². The number of hydrogen-bond donors (Lipinski definition) is 2. The molecular weight excluding hydrogens is 202 g/mol. The Morgan fingerprint density at radius 1 is 1.38 bits per heavy atom. The molecule has 0 bridgehead atoms. The quantitative estimate of drug-likeness (QED) is 0.811. The van der Waals surface area contributed by atoms with Crippen molar-refractivity contribution in [2.45, 2.75) is 33.1 Å². The van der Waals surface area contributed by atoms with E-state index in [1.807, 2.05) is 18.7 Å². The Bertz CT molecular complexity index is 337. The van der Waals surface area contributed by atoms with Crippen LogP contribution >= 0.6 is 0 Å². The maximum absolute atomic E-state index is 5.83. The molecule has 1 rings (SSSR count). The van der Waals surface area contributed by atoms with Gasteiger partial charge in [-0.1, -0.05) is 20.8 Å². The molecule has 16 heavy (non-hydrogen) atoms. The summed E-state index contributed by atoms with van der Waals surface area (Å²) in [5.74, 6) is 2.00. The summed E-state index contributed by atoms with van der Waals surface area (Å²) in [7, 11) is 3.81. The molecule has 1 heterocycles. The van der Waals surface area contributed by atoms with Crippen LogP contribution in [0.1, 0.15) is 38.9 Å². The van der Waals surface area contributed by atoms with Crippen LogP contribution in [0.5, 0.6) is 0 Å². The topological polar surface area (TPSA) is 68.8 Å². The first kappa shape index (κ1) is 13.0. The highest BCUT2D eigenvalue weighted by Crippen LogP contribution is 2.29. The first-order valence-electron chi connectivity index (χ1n) is 5.66. The third-order valence-corrected chi connectivity index (χ3v) is 2.64. The molecule has 5 nitrogen and oxygen atoms in total. The molecule has 1 aromatic heterocycles. The summed E-state index contributed by atoms with van der Waals surface area (Å²) in [6.45, 7) is 7.24.